The number of amides is 2. The van der Waals surface area contributed by atoms with E-state index in [4.69, 9.17) is 0 Å². The van der Waals surface area contributed by atoms with Gasteiger partial charge in [-0.25, -0.2) is 0 Å². The average Bonchev–Trinajstić information content (AvgIpc) is 2.54. The van der Waals surface area contributed by atoms with Gasteiger partial charge in [-0.2, -0.15) is 0 Å². The van der Waals surface area contributed by atoms with Gasteiger partial charge in [0.1, 0.15) is 6.04 Å². The Bertz CT molecular complexity index is 272. The van der Waals surface area contributed by atoms with Crippen LogP contribution in [0.1, 0.15) is 32.1 Å². The Hall–Kier alpha value is -1.10. The summed E-state index contributed by atoms with van der Waals surface area (Å²) in [7, 11) is 0. The van der Waals surface area contributed by atoms with Crippen LogP contribution in [0.4, 0.5) is 0 Å². The van der Waals surface area contributed by atoms with E-state index in [1.165, 1.54) is 6.42 Å². The van der Waals surface area contributed by atoms with Crippen LogP contribution in [0.2, 0.25) is 0 Å². The molecule has 90 valence electrons. The molecule has 0 aliphatic carbocycles. The zero-order valence-corrected chi connectivity index (χ0v) is 9.42. The van der Waals surface area contributed by atoms with Gasteiger partial charge in [0, 0.05) is 19.0 Å². The Kier molecular flexibility index (Phi) is 3.77. The smallest absolute Gasteiger partial charge is 0.242 e. The van der Waals surface area contributed by atoms with Crippen LogP contribution in [0.5, 0.6) is 0 Å². The molecule has 2 saturated heterocycles. The Balaban J connectivity index is 1.79. The minimum absolute atomic E-state index is 0.0147. The highest BCUT2D eigenvalue weighted by Crippen LogP contribution is 2.08. The zero-order chi connectivity index (χ0) is 11.4. The van der Waals surface area contributed by atoms with Crippen LogP contribution >= 0.6 is 0 Å². The first-order chi connectivity index (χ1) is 7.75. The van der Waals surface area contributed by atoms with Gasteiger partial charge in [0.15, 0.2) is 0 Å². The summed E-state index contributed by atoms with van der Waals surface area (Å²) in [6.45, 7) is 1.87. The third-order valence-corrected chi connectivity index (χ3v) is 3.21. The van der Waals surface area contributed by atoms with Crippen LogP contribution in [0, 0.1) is 0 Å². The van der Waals surface area contributed by atoms with Crippen LogP contribution in [0.15, 0.2) is 0 Å². The highest BCUT2D eigenvalue weighted by atomic mass is 16.2. The quantitative estimate of drug-likeness (QED) is 0.594. The van der Waals surface area contributed by atoms with Crippen LogP contribution in [-0.4, -0.2) is 37.0 Å². The first-order valence-electron chi connectivity index (χ1n) is 6.06. The van der Waals surface area contributed by atoms with Crippen molar-refractivity contribution in [1.29, 1.82) is 0 Å². The lowest BCUT2D eigenvalue weighted by molar-refractivity contribution is -0.126. The van der Waals surface area contributed by atoms with E-state index in [1.807, 2.05) is 0 Å². The minimum Gasteiger partial charge on any atom is -0.350 e. The molecule has 0 aromatic carbocycles. The maximum Gasteiger partial charge on any atom is 0.242 e. The molecule has 2 fully saturated rings. The Morgan fingerprint density at radius 3 is 2.94 bits per heavy atom. The summed E-state index contributed by atoms with van der Waals surface area (Å²) in [5.74, 6) is -0.0429. The lowest BCUT2D eigenvalue weighted by atomic mass is 10.1. The lowest BCUT2D eigenvalue weighted by Gasteiger charge is -2.19. The number of carbonyl (C=O) groups is 2. The summed E-state index contributed by atoms with van der Waals surface area (Å²) in [5.41, 5.74) is 0. The van der Waals surface area contributed by atoms with Gasteiger partial charge in [-0.15, -0.1) is 0 Å². The molecule has 2 aliphatic heterocycles. The van der Waals surface area contributed by atoms with Crippen LogP contribution in [0.3, 0.4) is 0 Å². The number of nitrogens with one attached hydrogen (secondary N) is 3. The second-order valence-corrected chi connectivity index (χ2v) is 4.56. The lowest BCUT2D eigenvalue weighted by Crippen LogP contribution is -2.48. The van der Waals surface area contributed by atoms with Gasteiger partial charge >= 0.3 is 0 Å². The van der Waals surface area contributed by atoms with Crippen molar-refractivity contribution in [3.8, 4) is 0 Å². The molecule has 0 aromatic heterocycles. The van der Waals surface area contributed by atoms with Gasteiger partial charge in [-0.3, -0.25) is 9.59 Å². The number of carbonyl (C=O) groups excluding carboxylic acids is 2. The first-order valence-corrected chi connectivity index (χ1v) is 6.06. The highest BCUT2D eigenvalue weighted by Gasteiger charge is 2.28. The van der Waals surface area contributed by atoms with Gasteiger partial charge in [0.2, 0.25) is 11.8 Å². The van der Waals surface area contributed by atoms with Gasteiger partial charge in [-0.1, -0.05) is 6.42 Å². The van der Waals surface area contributed by atoms with Crippen molar-refractivity contribution >= 4 is 11.8 Å². The van der Waals surface area contributed by atoms with E-state index >= 15 is 0 Å². The largest absolute Gasteiger partial charge is 0.350 e. The molecule has 3 N–H and O–H groups in total. The second-order valence-electron chi connectivity index (χ2n) is 4.56. The van der Waals surface area contributed by atoms with E-state index in [0.717, 1.165) is 25.9 Å². The predicted molar refractivity (Wildman–Crippen MR) is 59.8 cm³/mol. The predicted octanol–water partition coefficient (Wildman–Crippen LogP) is -0.477. The summed E-state index contributed by atoms with van der Waals surface area (Å²) in [6, 6.07) is -0.0942. The summed E-state index contributed by atoms with van der Waals surface area (Å²) < 4.78 is 0. The molecule has 2 rings (SSSR count). The van der Waals surface area contributed by atoms with Crippen molar-refractivity contribution in [2.24, 2.45) is 0 Å². The van der Waals surface area contributed by atoms with Gasteiger partial charge < -0.3 is 16.0 Å². The van der Waals surface area contributed by atoms with Crippen molar-refractivity contribution in [2.75, 3.05) is 13.1 Å². The fourth-order valence-corrected chi connectivity index (χ4v) is 2.25. The normalized spacial score (nSPS) is 30.6. The molecule has 2 heterocycles. The molecule has 2 amide bonds. The number of hydrogen-bond acceptors (Lipinski definition) is 3. The summed E-state index contributed by atoms with van der Waals surface area (Å²) >= 11 is 0. The van der Waals surface area contributed by atoms with E-state index in [9.17, 15) is 9.59 Å². The molecule has 0 bridgehead atoms. The molecule has 2 atom stereocenters. The number of rotatable bonds is 2. The maximum atomic E-state index is 11.8. The third kappa shape index (κ3) is 2.95. The topological polar surface area (TPSA) is 70.2 Å². The summed E-state index contributed by atoms with van der Waals surface area (Å²) in [6.07, 6.45) is 4.45. The standard InChI is InChI=1S/C11H19N3O2/c15-10-5-4-9(14-10)11(16)13-8-3-1-2-6-12-7-8/h8-9,12H,1-7H2,(H,13,16)(H,14,15). The SMILES string of the molecule is O=C1CCC(C(=O)NC2CCCCNC2)N1. The van der Waals surface area contributed by atoms with E-state index in [0.29, 0.717) is 12.8 Å². The third-order valence-electron chi connectivity index (χ3n) is 3.21. The molecule has 0 aromatic rings. The van der Waals surface area contributed by atoms with Crippen molar-refractivity contribution in [2.45, 2.75) is 44.2 Å². The van der Waals surface area contributed by atoms with E-state index in [2.05, 4.69) is 16.0 Å². The molecule has 0 radical (unpaired) electrons. The first kappa shape index (κ1) is 11.4. The second kappa shape index (κ2) is 5.30. The Labute approximate surface area is 95.3 Å². The Morgan fingerprint density at radius 1 is 1.31 bits per heavy atom. The molecule has 0 saturated carbocycles. The van der Waals surface area contributed by atoms with Crippen molar-refractivity contribution in [3.63, 3.8) is 0 Å². The molecule has 2 unspecified atom stereocenters. The molecular formula is C11H19N3O2. The molecule has 16 heavy (non-hydrogen) atoms. The zero-order valence-electron chi connectivity index (χ0n) is 9.42. The fourth-order valence-electron chi connectivity index (χ4n) is 2.25. The van der Waals surface area contributed by atoms with Crippen LogP contribution in [-0.2, 0) is 9.59 Å². The summed E-state index contributed by atoms with van der Waals surface area (Å²) in [5, 5.41) is 8.99. The fraction of sp³-hybridized carbons (Fsp3) is 0.818. The van der Waals surface area contributed by atoms with Gasteiger partial charge in [0.25, 0.3) is 0 Å². The van der Waals surface area contributed by atoms with Crippen LogP contribution < -0.4 is 16.0 Å². The molecular weight excluding hydrogens is 206 g/mol. The van der Waals surface area contributed by atoms with E-state index < -0.39 is 0 Å². The monoisotopic (exact) mass is 225 g/mol. The highest BCUT2D eigenvalue weighted by molar-refractivity contribution is 5.90. The summed E-state index contributed by atoms with van der Waals surface area (Å²) in [4.78, 5) is 22.8. The molecule has 5 nitrogen and oxygen atoms in total. The van der Waals surface area contributed by atoms with Crippen molar-refractivity contribution < 1.29 is 9.59 Å². The molecule has 5 heteroatoms. The molecule has 2 aliphatic rings. The van der Waals surface area contributed by atoms with E-state index in [-0.39, 0.29) is 23.9 Å². The Morgan fingerprint density at radius 2 is 2.19 bits per heavy atom. The number of hydrogen-bond donors (Lipinski definition) is 3. The van der Waals surface area contributed by atoms with E-state index in [1.54, 1.807) is 0 Å². The average molecular weight is 225 g/mol. The van der Waals surface area contributed by atoms with Crippen molar-refractivity contribution in [1.82, 2.24) is 16.0 Å². The van der Waals surface area contributed by atoms with Gasteiger partial charge in [0.05, 0.1) is 0 Å². The maximum absolute atomic E-state index is 11.8. The van der Waals surface area contributed by atoms with Crippen molar-refractivity contribution in [3.05, 3.63) is 0 Å². The minimum atomic E-state index is -0.309. The molecule has 0 spiro atoms. The van der Waals surface area contributed by atoms with Crippen LogP contribution in [0.25, 0.3) is 0 Å². The van der Waals surface area contributed by atoms with Gasteiger partial charge in [-0.05, 0) is 25.8 Å².